The fourth-order valence-corrected chi connectivity index (χ4v) is 3.93. The zero-order chi connectivity index (χ0) is 16.0. The van der Waals surface area contributed by atoms with Crippen LogP contribution in [0.2, 0.25) is 0 Å². The summed E-state index contributed by atoms with van der Waals surface area (Å²) in [4.78, 5) is 14.8. The van der Waals surface area contributed by atoms with Crippen molar-refractivity contribution < 1.29 is 18.3 Å². The van der Waals surface area contributed by atoms with Gasteiger partial charge in [0.15, 0.2) is 11.6 Å². The normalized spacial score (nSPS) is 28.4. The maximum atomic E-state index is 13.4. The summed E-state index contributed by atoms with van der Waals surface area (Å²) in [6.45, 7) is 3.66. The molecule has 4 aliphatic rings. The van der Waals surface area contributed by atoms with E-state index in [-0.39, 0.29) is 5.41 Å². The third kappa shape index (κ3) is 2.57. The second-order valence-electron chi connectivity index (χ2n) is 6.91. The van der Waals surface area contributed by atoms with Crippen LogP contribution in [0.15, 0.2) is 18.2 Å². The van der Waals surface area contributed by atoms with Crippen molar-refractivity contribution in [2.24, 2.45) is 5.41 Å². The highest BCUT2D eigenvalue weighted by Crippen LogP contribution is 2.40. The molecule has 0 spiro atoms. The maximum Gasteiger partial charge on any atom is 0.338 e. The van der Waals surface area contributed by atoms with Crippen LogP contribution in [-0.4, -0.2) is 37.1 Å². The van der Waals surface area contributed by atoms with Crippen molar-refractivity contribution in [3.63, 3.8) is 0 Å². The number of hydrogen-bond donors (Lipinski definition) is 0. The van der Waals surface area contributed by atoms with Crippen molar-refractivity contribution in [3.05, 3.63) is 41.0 Å². The average Bonchev–Trinajstić information content (AvgIpc) is 2.98. The number of piperidine rings is 3. The Hall–Kier alpha value is -1.75. The van der Waals surface area contributed by atoms with Crippen molar-refractivity contribution in [2.75, 3.05) is 26.2 Å². The van der Waals surface area contributed by atoms with Crippen LogP contribution in [0, 0.1) is 17.0 Å². The number of halogens is 2. The Labute approximate surface area is 133 Å². The van der Waals surface area contributed by atoms with Gasteiger partial charge in [-0.2, -0.15) is 0 Å². The number of ether oxygens (including phenoxy) is 1. The summed E-state index contributed by atoms with van der Waals surface area (Å²) >= 11 is 0. The molecule has 23 heavy (non-hydrogen) atoms. The topological polar surface area (TPSA) is 29.5 Å². The highest BCUT2D eigenvalue weighted by molar-refractivity contribution is 6.18. The van der Waals surface area contributed by atoms with Crippen molar-refractivity contribution >= 4 is 11.5 Å². The van der Waals surface area contributed by atoms with E-state index >= 15 is 0 Å². The SMILES string of the molecule is O=C(OCC12CCN(CC1)CC2)C1=CCc2cc(F)c(F)cc21. The van der Waals surface area contributed by atoms with E-state index in [1.54, 1.807) is 6.08 Å². The number of benzene rings is 1. The molecule has 0 amide bonds. The molecule has 5 rings (SSSR count). The lowest BCUT2D eigenvalue weighted by Gasteiger charge is -2.47. The number of fused-ring (bicyclic) bond motifs is 4. The number of hydrogen-bond acceptors (Lipinski definition) is 3. The van der Waals surface area contributed by atoms with Crippen molar-refractivity contribution in [2.45, 2.75) is 25.7 Å². The van der Waals surface area contributed by atoms with Crippen LogP contribution < -0.4 is 0 Å². The fraction of sp³-hybridized carbons (Fsp3) is 0.500. The Morgan fingerprint density at radius 2 is 1.78 bits per heavy atom. The van der Waals surface area contributed by atoms with Gasteiger partial charge in [-0.3, -0.25) is 0 Å². The van der Waals surface area contributed by atoms with Gasteiger partial charge in [-0.1, -0.05) is 6.08 Å². The van der Waals surface area contributed by atoms with Crippen LogP contribution in [0.4, 0.5) is 8.78 Å². The molecular formula is C18H19F2NO2. The minimum Gasteiger partial charge on any atom is -0.461 e. The van der Waals surface area contributed by atoms with Crippen molar-refractivity contribution in [1.82, 2.24) is 4.90 Å². The first-order chi connectivity index (χ1) is 11.1. The summed E-state index contributed by atoms with van der Waals surface area (Å²) in [5, 5.41) is 0. The quantitative estimate of drug-likeness (QED) is 0.802. The van der Waals surface area contributed by atoms with Gasteiger partial charge in [0.1, 0.15) is 0 Å². The van der Waals surface area contributed by atoms with Crippen molar-refractivity contribution in [1.29, 1.82) is 0 Å². The second kappa shape index (κ2) is 5.41. The molecule has 0 aromatic heterocycles. The molecule has 122 valence electrons. The molecule has 3 aliphatic heterocycles. The van der Waals surface area contributed by atoms with Crippen LogP contribution in [0.25, 0.3) is 5.57 Å². The number of nitrogens with zero attached hydrogens (tertiary/aromatic N) is 1. The van der Waals surface area contributed by atoms with E-state index in [0.717, 1.165) is 51.0 Å². The highest BCUT2D eigenvalue weighted by atomic mass is 19.2. The summed E-state index contributed by atoms with van der Waals surface area (Å²) in [7, 11) is 0. The van der Waals surface area contributed by atoms with Gasteiger partial charge in [0, 0.05) is 5.41 Å². The molecule has 0 atom stereocenters. The highest BCUT2D eigenvalue weighted by Gasteiger charge is 2.40. The van der Waals surface area contributed by atoms with Gasteiger partial charge >= 0.3 is 5.97 Å². The lowest BCUT2D eigenvalue weighted by molar-refractivity contribution is -0.143. The predicted molar refractivity (Wildman–Crippen MR) is 81.7 cm³/mol. The molecule has 3 heterocycles. The van der Waals surface area contributed by atoms with Gasteiger partial charge in [0.2, 0.25) is 0 Å². The lowest BCUT2D eigenvalue weighted by atomic mass is 9.73. The third-order valence-electron chi connectivity index (χ3n) is 5.57. The zero-order valence-electron chi connectivity index (χ0n) is 12.9. The fourth-order valence-electron chi connectivity index (χ4n) is 3.93. The van der Waals surface area contributed by atoms with Crippen molar-refractivity contribution in [3.8, 4) is 0 Å². The Kier molecular flexibility index (Phi) is 3.48. The van der Waals surface area contributed by atoms with E-state index in [2.05, 4.69) is 4.90 Å². The first-order valence-electron chi connectivity index (χ1n) is 8.14. The van der Waals surface area contributed by atoms with Crippen LogP contribution in [-0.2, 0) is 16.0 Å². The van der Waals surface area contributed by atoms with E-state index in [4.69, 9.17) is 4.74 Å². The van der Waals surface area contributed by atoms with Crippen LogP contribution in [0.3, 0.4) is 0 Å². The van der Waals surface area contributed by atoms with Crippen LogP contribution in [0.1, 0.15) is 30.4 Å². The summed E-state index contributed by atoms with van der Waals surface area (Å²) in [5.41, 5.74) is 1.58. The lowest BCUT2D eigenvalue weighted by Crippen LogP contribution is -2.50. The zero-order valence-corrected chi connectivity index (χ0v) is 12.9. The van der Waals surface area contributed by atoms with Gasteiger partial charge in [-0.05, 0) is 68.6 Å². The summed E-state index contributed by atoms with van der Waals surface area (Å²) in [5.74, 6) is -2.22. The molecular weight excluding hydrogens is 300 g/mol. The standard InChI is InChI=1S/C18H19F2NO2/c19-15-9-12-1-2-13(14(12)10-16(15)20)17(22)23-11-18-3-6-21(7-4-18)8-5-18/h2,9-10H,1,3-8,11H2. The molecule has 2 bridgehead atoms. The van der Waals surface area contributed by atoms with Gasteiger partial charge in [0.25, 0.3) is 0 Å². The third-order valence-corrected chi connectivity index (χ3v) is 5.57. The van der Waals surface area contributed by atoms with E-state index < -0.39 is 17.6 Å². The number of carbonyl (C=O) groups is 1. The average molecular weight is 319 g/mol. The van der Waals surface area contributed by atoms with E-state index in [1.807, 2.05) is 0 Å². The Morgan fingerprint density at radius 1 is 1.13 bits per heavy atom. The molecule has 0 N–H and O–H groups in total. The molecule has 3 nitrogen and oxygen atoms in total. The molecule has 0 saturated carbocycles. The largest absolute Gasteiger partial charge is 0.461 e. The van der Waals surface area contributed by atoms with Gasteiger partial charge in [0.05, 0.1) is 12.2 Å². The number of allylic oxidation sites excluding steroid dienone is 1. The van der Waals surface area contributed by atoms with E-state index in [0.29, 0.717) is 29.7 Å². The molecule has 0 unspecified atom stereocenters. The first kappa shape index (κ1) is 14.8. The Balaban J connectivity index is 1.46. The smallest absolute Gasteiger partial charge is 0.338 e. The van der Waals surface area contributed by atoms with Gasteiger partial charge in [-0.25, -0.2) is 13.6 Å². The minimum atomic E-state index is -0.928. The maximum absolute atomic E-state index is 13.4. The molecule has 3 saturated heterocycles. The summed E-state index contributed by atoms with van der Waals surface area (Å²) < 4.78 is 32.3. The molecule has 1 aromatic carbocycles. The molecule has 0 radical (unpaired) electrons. The predicted octanol–water partition coefficient (Wildman–Crippen LogP) is 2.93. The number of rotatable bonds is 3. The number of carbonyl (C=O) groups excluding carboxylic acids is 1. The second-order valence-corrected chi connectivity index (χ2v) is 6.91. The van der Waals surface area contributed by atoms with E-state index in [9.17, 15) is 13.6 Å². The molecule has 5 heteroatoms. The molecule has 3 fully saturated rings. The van der Waals surface area contributed by atoms with Crippen LogP contribution >= 0.6 is 0 Å². The summed E-state index contributed by atoms with van der Waals surface area (Å²) in [6, 6.07) is 2.26. The van der Waals surface area contributed by atoms with Crippen LogP contribution in [0.5, 0.6) is 0 Å². The summed E-state index contributed by atoms with van der Waals surface area (Å²) in [6.07, 6.45) is 5.34. The first-order valence-corrected chi connectivity index (χ1v) is 8.14. The van der Waals surface area contributed by atoms with E-state index in [1.165, 1.54) is 0 Å². The Morgan fingerprint density at radius 3 is 2.48 bits per heavy atom. The monoisotopic (exact) mass is 319 g/mol. The number of esters is 1. The van der Waals surface area contributed by atoms with Gasteiger partial charge < -0.3 is 9.64 Å². The minimum absolute atomic E-state index is 0.112. The molecule has 1 aromatic rings. The Bertz CT molecular complexity index is 677. The molecule has 1 aliphatic carbocycles. The van der Waals surface area contributed by atoms with Gasteiger partial charge in [-0.15, -0.1) is 0 Å².